The number of hydrogen-bond donors (Lipinski definition) is 6. The minimum Gasteiger partial charge on any atom is -0.378 e. The number of rotatable bonds is 15. The molecule has 5 atom stereocenters. The van der Waals surface area contributed by atoms with Crippen molar-refractivity contribution in [2.24, 2.45) is 11.8 Å². The maximum absolute atomic E-state index is 13.7. The minimum atomic E-state index is -0.279. The van der Waals surface area contributed by atoms with Crippen LogP contribution in [-0.4, -0.2) is 95.8 Å². The Morgan fingerprint density at radius 1 is 0.980 bits per heavy atom. The molecule has 0 aromatic heterocycles. The summed E-state index contributed by atoms with van der Waals surface area (Å²) in [5.74, 6) is 1.76. The van der Waals surface area contributed by atoms with Gasteiger partial charge in [0.2, 0.25) is 11.8 Å². The Labute approximate surface area is 291 Å². The van der Waals surface area contributed by atoms with E-state index in [1.165, 1.54) is 18.6 Å². The van der Waals surface area contributed by atoms with Gasteiger partial charge in [0.25, 0.3) is 0 Å². The molecule has 3 aliphatic heterocycles. The highest BCUT2D eigenvalue weighted by molar-refractivity contribution is 8.00. The van der Waals surface area contributed by atoms with E-state index in [1.807, 2.05) is 11.8 Å². The van der Waals surface area contributed by atoms with Crippen LogP contribution in [0.4, 0.5) is 14.0 Å². The second-order valence-electron chi connectivity index (χ2n) is 15.2. The standard InChI is InChI=1S/C35H50FN7O5S/c36-26-6-5-24-18-43(19-25(24)12-26)30(45)17-39-34-13-22-11-23(14-34)16-35(15-22,21-34)42-32(46)38-8-10-48-9-7-37-29(44)4-2-1-3-28-31-27(20-49-28)40-33(47)41-31/h5-6,12,22-23,27-28,31,39H,1-4,7-11,13-21H2,(H,37,44)(H2,38,42,46)(H2,40,41,47). The molecule has 12 nitrogen and oxygen atoms in total. The van der Waals surface area contributed by atoms with Gasteiger partial charge in [-0.15, -0.1) is 0 Å². The number of halogens is 1. The highest BCUT2D eigenvalue weighted by atomic mass is 32.2. The van der Waals surface area contributed by atoms with Crippen LogP contribution in [-0.2, 0) is 27.4 Å². The molecule has 7 aliphatic rings. The lowest BCUT2D eigenvalue weighted by atomic mass is 9.50. The van der Waals surface area contributed by atoms with Crippen molar-refractivity contribution in [2.75, 3.05) is 38.6 Å². The fourth-order valence-electron chi connectivity index (χ4n) is 9.78. The molecule has 0 radical (unpaired) electrons. The lowest BCUT2D eigenvalue weighted by molar-refractivity contribution is -0.132. The SMILES string of the molecule is O=C(CCCCC1SCC2NC(=O)NC21)NCCOCCNC(=O)NC12CC3CC(CC(NCC(=O)N4Cc5ccc(F)cc5C4)(C3)C1)C2. The van der Waals surface area contributed by atoms with Crippen LogP contribution < -0.4 is 31.9 Å². The third kappa shape index (κ3) is 8.12. The van der Waals surface area contributed by atoms with E-state index in [4.69, 9.17) is 4.74 Å². The highest BCUT2D eigenvalue weighted by Gasteiger charge is 2.58. The summed E-state index contributed by atoms with van der Waals surface area (Å²) in [7, 11) is 0. The monoisotopic (exact) mass is 699 g/mol. The Kier molecular flexibility index (Phi) is 10.3. The number of ether oxygens (including phenoxy) is 1. The van der Waals surface area contributed by atoms with Crippen molar-refractivity contribution in [1.82, 2.24) is 36.8 Å². The van der Waals surface area contributed by atoms with Crippen molar-refractivity contribution in [1.29, 1.82) is 0 Å². The van der Waals surface area contributed by atoms with E-state index >= 15 is 0 Å². The number of benzene rings is 1. The van der Waals surface area contributed by atoms with Gasteiger partial charge in [0.15, 0.2) is 0 Å². The fraction of sp³-hybridized carbons (Fsp3) is 0.714. The van der Waals surface area contributed by atoms with Gasteiger partial charge in [-0.1, -0.05) is 12.5 Å². The van der Waals surface area contributed by atoms with E-state index in [9.17, 15) is 23.6 Å². The van der Waals surface area contributed by atoms with Crippen molar-refractivity contribution in [3.63, 3.8) is 0 Å². The maximum Gasteiger partial charge on any atom is 0.315 e. The average molecular weight is 700 g/mol. The fourth-order valence-corrected chi connectivity index (χ4v) is 11.3. The average Bonchev–Trinajstić information content (AvgIpc) is 3.74. The van der Waals surface area contributed by atoms with Gasteiger partial charge in [-0.2, -0.15) is 11.8 Å². The van der Waals surface area contributed by atoms with Crippen LogP contribution in [0.3, 0.4) is 0 Å². The molecule has 6 amide bonds. The van der Waals surface area contributed by atoms with Gasteiger partial charge in [-0.05, 0) is 86.5 Å². The number of unbranched alkanes of at least 4 members (excludes halogenated alkanes) is 1. The number of carbonyl (C=O) groups excluding carboxylic acids is 4. The summed E-state index contributed by atoms with van der Waals surface area (Å²) in [6.45, 7) is 2.74. The molecule has 2 saturated heterocycles. The Morgan fingerprint density at radius 2 is 1.73 bits per heavy atom. The summed E-state index contributed by atoms with van der Waals surface area (Å²) in [6.07, 6.45) is 9.21. The molecule has 6 N–H and O–H groups in total. The predicted octanol–water partition coefficient (Wildman–Crippen LogP) is 2.51. The quantitative estimate of drug-likeness (QED) is 0.122. The van der Waals surface area contributed by atoms with Crippen LogP contribution in [0.15, 0.2) is 18.2 Å². The summed E-state index contributed by atoms with van der Waals surface area (Å²) in [5, 5.41) is 19.2. The first-order chi connectivity index (χ1) is 23.7. The Bertz CT molecular complexity index is 1420. The Balaban J connectivity index is 0.755. The summed E-state index contributed by atoms with van der Waals surface area (Å²) < 4.78 is 19.3. The van der Waals surface area contributed by atoms with Gasteiger partial charge < -0.3 is 41.5 Å². The predicted molar refractivity (Wildman–Crippen MR) is 183 cm³/mol. The molecule has 14 heteroatoms. The number of amides is 6. The number of hydrogen-bond acceptors (Lipinski definition) is 7. The zero-order valence-corrected chi connectivity index (χ0v) is 28.9. The molecule has 4 aliphatic carbocycles. The third-order valence-electron chi connectivity index (χ3n) is 11.5. The second kappa shape index (κ2) is 14.6. The van der Waals surface area contributed by atoms with Gasteiger partial charge in [0, 0.05) is 54.7 Å². The zero-order valence-electron chi connectivity index (χ0n) is 28.1. The Hall–Kier alpha value is -3.10. The van der Waals surface area contributed by atoms with E-state index in [0.29, 0.717) is 62.9 Å². The lowest BCUT2D eigenvalue weighted by Crippen LogP contribution is -2.70. The molecule has 1 aromatic rings. The number of fused-ring (bicyclic) bond motifs is 2. The van der Waals surface area contributed by atoms with E-state index in [-0.39, 0.29) is 59.4 Å². The largest absolute Gasteiger partial charge is 0.378 e. The first-order valence-electron chi connectivity index (χ1n) is 18.1. The molecular weight excluding hydrogens is 649 g/mol. The molecule has 268 valence electrons. The molecule has 8 rings (SSSR count). The number of thioether (sulfide) groups is 1. The molecule has 4 bridgehead atoms. The van der Waals surface area contributed by atoms with Crippen LogP contribution in [0, 0.1) is 17.7 Å². The molecular formula is C35H50FN7O5S. The lowest BCUT2D eigenvalue weighted by Gasteiger charge is -2.62. The highest BCUT2D eigenvalue weighted by Crippen LogP contribution is 2.57. The van der Waals surface area contributed by atoms with Gasteiger partial charge >= 0.3 is 12.1 Å². The number of nitrogens with one attached hydrogen (secondary N) is 6. The van der Waals surface area contributed by atoms with E-state index in [1.54, 1.807) is 11.0 Å². The summed E-state index contributed by atoms with van der Waals surface area (Å²) in [5.41, 5.74) is 1.44. The molecule has 6 fully saturated rings. The van der Waals surface area contributed by atoms with Gasteiger partial charge in [-0.25, -0.2) is 14.0 Å². The minimum absolute atomic E-state index is 0.0133. The first-order valence-corrected chi connectivity index (χ1v) is 19.1. The van der Waals surface area contributed by atoms with Crippen molar-refractivity contribution < 1.29 is 28.3 Å². The van der Waals surface area contributed by atoms with Crippen molar-refractivity contribution in [2.45, 2.75) is 106 Å². The molecule has 0 spiro atoms. The topological polar surface area (TPSA) is 153 Å². The Morgan fingerprint density at radius 3 is 2.55 bits per heavy atom. The molecule has 49 heavy (non-hydrogen) atoms. The van der Waals surface area contributed by atoms with E-state index in [2.05, 4.69) is 31.9 Å². The van der Waals surface area contributed by atoms with E-state index < -0.39 is 0 Å². The van der Waals surface area contributed by atoms with Crippen LogP contribution in [0.1, 0.15) is 75.3 Å². The molecule has 4 saturated carbocycles. The molecule has 1 aromatic carbocycles. The van der Waals surface area contributed by atoms with Crippen LogP contribution in [0.5, 0.6) is 0 Å². The van der Waals surface area contributed by atoms with Crippen LogP contribution >= 0.6 is 11.8 Å². The van der Waals surface area contributed by atoms with E-state index in [0.717, 1.165) is 68.2 Å². The number of urea groups is 2. The van der Waals surface area contributed by atoms with Crippen LogP contribution in [0.2, 0.25) is 0 Å². The number of nitrogens with zero attached hydrogens (tertiary/aromatic N) is 1. The summed E-state index contributed by atoms with van der Waals surface area (Å²) >= 11 is 1.89. The summed E-state index contributed by atoms with van der Waals surface area (Å²) in [6, 6.07) is 4.91. The third-order valence-corrected chi connectivity index (χ3v) is 13.0. The zero-order chi connectivity index (χ0) is 34.0. The van der Waals surface area contributed by atoms with Crippen LogP contribution in [0.25, 0.3) is 0 Å². The van der Waals surface area contributed by atoms with Gasteiger partial charge in [0.1, 0.15) is 5.82 Å². The molecule has 5 unspecified atom stereocenters. The van der Waals surface area contributed by atoms with Crippen molar-refractivity contribution in [3.05, 3.63) is 35.1 Å². The van der Waals surface area contributed by atoms with Gasteiger partial charge in [-0.3, -0.25) is 9.59 Å². The molecule has 3 heterocycles. The van der Waals surface area contributed by atoms with Gasteiger partial charge in [0.05, 0.1) is 31.8 Å². The first kappa shape index (κ1) is 34.4. The maximum atomic E-state index is 13.7. The second-order valence-corrected chi connectivity index (χ2v) is 16.5. The normalized spacial score (nSPS) is 32.0. The van der Waals surface area contributed by atoms with Crippen molar-refractivity contribution >= 4 is 35.6 Å². The number of carbonyl (C=O) groups is 4. The smallest absolute Gasteiger partial charge is 0.315 e. The van der Waals surface area contributed by atoms with Crippen molar-refractivity contribution in [3.8, 4) is 0 Å². The summed E-state index contributed by atoms with van der Waals surface area (Å²) in [4.78, 5) is 51.7.